The summed E-state index contributed by atoms with van der Waals surface area (Å²) in [5, 5.41) is 5.57. The van der Waals surface area contributed by atoms with Crippen molar-refractivity contribution < 1.29 is 9.59 Å². The zero-order chi connectivity index (χ0) is 13.7. The summed E-state index contributed by atoms with van der Waals surface area (Å²) >= 11 is 0. The molecule has 1 heterocycles. The van der Waals surface area contributed by atoms with Gasteiger partial charge in [0.1, 0.15) is 0 Å². The molecule has 1 aliphatic heterocycles. The Morgan fingerprint density at radius 1 is 1.16 bits per heavy atom. The van der Waals surface area contributed by atoms with Gasteiger partial charge in [-0.3, -0.25) is 4.79 Å². The van der Waals surface area contributed by atoms with E-state index in [1.807, 2.05) is 0 Å². The number of nitrogens with two attached hydrogens (primary N) is 1. The molecule has 1 aliphatic carbocycles. The Kier molecular flexibility index (Phi) is 5.01. The second-order valence-electron chi connectivity index (χ2n) is 5.55. The van der Waals surface area contributed by atoms with Gasteiger partial charge < -0.3 is 21.3 Å². The maximum atomic E-state index is 11.8. The summed E-state index contributed by atoms with van der Waals surface area (Å²) in [7, 11) is 0. The molecule has 6 nitrogen and oxygen atoms in total. The fourth-order valence-electron chi connectivity index (χ4n) is 2.76. The monoisotopic (exact) mass is 268 g/mol. The minimum Gasteiger partial charge on any atom is -0.340 e. The van der Waals surface area contributed by atoms with Crippen LogP contribution in [0.25, 0.3) is 0 Å². The SMILES string of the molecule is N[C@@H]1CCN(C(=O)CNC(=O)NC2CCCCC2)C1. The van der Waals surface area contributed by atoms with Gasteiger partial charge in [0, 0.05) is 25.2 Å². The van der Waals surface area contributed by atoms with Crippen molar-refractivity contribution >= 4 is 11.9 Å². The molecule has 3 amide bonds. The first kappa shape index (κ1) is 14.1. The topological polar surface area (TPSA) is 87.5 Å². The predicted octanol–water partition coefficient (Wildman–Crippen LogP) is 0.178. The number of nitrogens with one attached hydrogen (secondary N) is 2. The van der Waals surface area contributed by atoms with Crippen molar-refractivity contribution in [2.45, 2.75) is 50.6 Å². The number of rotatable bonds is 3. The number of likely N-dealkylation sites (tertiary alicyclic amines) is 1. The highest BCUT2D eigenvalue weighted by Crippen LogP contribution is 2.17. The summed E-state index contributed by atoms with van der Waals surface area (Å²) in [6.45, 7) is 1.36. The molecule has 2 fully saturated rings. The van der Waals surface area contributed by atoms with Crippen molar-refractivity contribution in [1.29, 1.82) is 0 Å². The molecule has 6 heteroatoms. The van der Waals surface area contributed by atoms with Crippen molar-refractivity contribution in [2.24, 2.45) is 5.73 Å². The fourth-order valence-corrected chi connectivity index (χ4v) is 2.76. The molecule has 0 aromatic rings. The lowest BCUT2D eigenvalue weighted by Gasteiger charge is -2.23. The average molecular weight is 268 g/mol. The van der Waals surface area contributed by atoms with Crippen LogP contribution in [0.1, 0.15) is 38.5 Å². The Hall–Kier alpha value is -1.30. The van der Waals surface area contributed by atoms with Gasteiger partial charge in [0.05, 0.1) is 6.54 Å². The number of hydrogen-bond acceptors (Lipinski definition) is 3. The van der Waals surface area contributed by atoms with E-state index in [9.17, 15) is 9.59 Å². The highest BCUT2D eigenvalue weighted by atomic mass is 16.2. The molecule has 0 radical (unpaired) electrons. The number of nitrogens with zero attached hydrogens (tertiary/aromatic N) is 1. The van der Waals surface area contributed by atoms with Gasteiger partial charge >= 0.3 is 6.03 Å². The molecule has 0 unspecified atom stereocenters. The summed E-state index contributed by atoms with van der Waals surface area (Å²) in [5.41, 5.74) is 5.75. The molecule has 0 aromatic carbocycles. The highest BCUT2D eigenvalue weighted by molar-refractivity contribution is 5.84. The summed E-state index contributed by atoms with van der Waals surface area (Å²) < 4.78 is 0. The van der Waals surface area contributed by atoms with E-state index in [0.29, 0.717) is 13.1 Å². The third kappa shape index (κ3) is 4.38. The van der Waals surface area contributed by atoms with Crippen LogP contribution >= 0.6 is 0 Å². The molecule has 0 bridgehead atoms. The lowest BCUT2D eigenvalue weighted by Crippen LogP contribution is -2.47. The van der Waals surface area contributed by atoms with Crippen LogP contribution in [-0.2, 0) is 4.79 Å². The lowest BCUT2D eigenvalue weighted by atomic mass is 9.96. The summed E-state index contributed by atoms with van der Waals surface area (Å²) in [6, 6.07) is 0.118. The van der Waals surface area contributed by atoms with Crippen LogP contribution in [0.4, 0.5) is 4.79 Å². The molecule has 0 aromatic heterocycles. The van der Waals surface area contributed by atoms with Crippen molar-refractivity contribution in [3.63, 3.8) is 0 Å². The van der Waals surface area contributed by atoms with Crippen molar-refractivity contribution in [1.82, 2.24) is 15.5 Å². The first-order chi connectivity index (χ1) is 9.15. The van der Waals surface area contributed by atoms with Gasteiger partial charge in [-0.05, 0) is 19.3 Å². The molecule has 1 saturated heterocycles. The maximum absolute atomic E-state index is 11.8. The highest BCUT2D eigenvalue weighted by Gasteiger charge is 2.23. The van der Waals surface area contributed by atoms with E-state index in [-0.39, 0.29) is 30.6 Å². The summed E-state index contributed by atoms with van der Waals surface area (Å²) in [6.07, 6.45) is 6.54. The van der Waals surface area contributed by atoms with Gasteiger partial charge in [0.15, 0.2) is 0 Å². The normalized spacial score (nSPS) is 24.3. The zero-order valence-corrected chi connectivity index (χ0v) is 11.4. The second kappa shape index (κ2) is 6.75. The minimum absolute atomic E-state index is 0.0493. The fraction of sp³-hybridized carbons (Fsp3) is 0.846. The van der Waals surface area contributed by atoms with Gasteiger partial charge in [-0.15, -0.1) is 0 Å². The smallest absolute Gasteiger partial charge is 0.315 e. The predicted molar refractivity (Wildman–Crippen MR) is 72.6 cm³/mol. The van der Waals surface area contributed by atoms with Crippen molar-refractivity contribution in [3.8, 4) is 0 Å². The standard InChI is InChI=1S/C13H24N4O2/c14-10-6-7-17(9-10)12(18)8-15-13(19)16-11-4-2-1-3-5-11/h10-11H,1-9,14H2,(H2,15,16,19)/t10-/m1/s1. The first-order valence-electron chi connectivity index (χ1n) is 7.23. The van der Waals surface area contributed by atoms with Crippen LogP contribution in [-0.4, -0.2) is 48.6 Å². The number of carbonyl (C=O) groups is 2. The number of urea groups is 1. The van der Waals surface area contributed by atoms with Crippen LogP contribution in [0.15, 0.2) is 0 Å². The summed E-state index contributed by atoms with van der Waals surface area (Å²) in [4.78, 5) is 25.2. The van der Waals surface area contributed by atoms with Gasteiger partial charge in [-0.1, -0.05) is 19.3 Å². The molecular weight excluding hydrogens is 244 g/mol. The van der Waals surface area contributed by atoms with Crippen molar-refractivity contribution in [2.75, 3.05) is 19.6 Å². The Morgan fingerprint density at radius 2 is 1.89 bits per heavy atom. The first-order valence-corrected chi connectivity index (χ1v) is 7.23. The summed E-state index contributed by atoms with van der Waals surface area (Å²) in [5.74, 6) is -0.0493. The third-order valence-electron chi connectivity index (χ3n) is 3.92. The quantitative estimate of drug-likeness (QED) is 0.682. The minimum atomic E-state index is -0.233. The van der Waals surface area contributed by atoms with Crippen LogP contribution in [0.5, 0.6) is 0 Å². The van der Waals surface area contributed by atoms with Gasteiger partial charge in [-0.25, -0.2) is 4.79 Å². The molecular formula is C13H24N4O2. The van der Waals surface area contributed by atoms with E-state index >= 15 is 0 Å². The largest absolute Gasteiger partial charge is 0.340 e. The molecule has 4 N–H and O–H groups in total. The number of hydrogen-bond donors (Lipinski definition) is 3. The van der Waals surface area contributed by atoms with E-state index in [1.165, 1.54) is 19.3 Å². The van der Waals surface area contributed by atoms with Crippen molar-refractivity contribution in [3.05, 3.63) is 0 Å². The van der Waals surface area contributed by atoms with E-state index in [1.54, 1.807) is 4.90 Å². The van der Waals surface area contributed by atoms with Gasteiger partial charge in [-0.2, -0.15) is 0 Å². The Balaban J connectivity index is 1.64. The van der Waals surface area contributed by atoms with E-state index < -0.39 is 0 Å². The van der Waals surface area contributed by atoms with E-state index in [0.717, 1.165) is 19.3 Å². The molecule has 2 rings (SSSR count). The third-order valence-corrected chi connectivity index (χ3v) is 3.92. The molecule has 2 aliphatic rings. The molecule has 1 atom stereocenters. The number of amides is 3. The van der Waals surface area contributed by atoms with Crippen LogP contribution in [0.2, 0.25) is 0 Å². The molecule has 1 saturated carbocycles. The second-order valence-corrected chi connectivity index (χ2v) is 5.55. The Labute approximate surface area is 114 Å². The number of carbonyl (C=O) groups excluding carboxylic acids is 2. The van der Waals surface area contributed by atoms with E-state index in [4.69, 9.17) is 5.73 Å². The molecule has 19 heavy (non-hydrogen) atoms. The van der Waals surface area contributed by atoms with Crippen LogP contribution < -0.4 is 16.4 Å². The Morgan fingerprint density at radius 3 is 2.53 bits per heavy atom. The average Bonchev–Trinajstić information content (AvgIpc) is 2.84. The van der Waals surface area contributed by atoms with E-state index in [2.05, 4.69) is 10.6 Å². The zero-order valence-electron chi connectivity index (χ0n) is 11.4. The molecule has 108 valence electrons. The van der Waals surface area contributed by atoms with Gasteiger partial charge in [0.25, 0.3) is 0 Å². The van der Waals surface area contributed by atoms with Crippen LogP contribution in [0, 0.1) is 0 Å². The maximum Gasteiger partial charge on any atom is 0.315 e. The lowest BCUT2D eigenvalue weighted by molar-refractivity contribution is -0.129. The van der Waals surface area contributed by atoms with Crippen LogP contribution in [0.3, 0.4) is 0 Å². The van der Waals surface area contributed by atoms with Gasteiger partial charge in [0.2, 0.25) is 5.91 Å². The Bertz CT molecular complexity index is 329. The molecule has 0 spiro atoms.